The molecule has 6 heteroatoms. The molecule has 88 valence electrons. The van der Waals surface area contributed by atoms with E-state index >= 15 is 0 Å². The van der Waals surface area contributed by atoms with Crippen molar-refractivity contribution in [2.75, 3.05) is 12.8 Å². The van der Waals surface area contributed by atoms with E-state index < -0.39 is 16.0 Å². The molecule has 0 radical (unpaired) electrons. The van der Waals surface area contributed by atoms with Crippen LogP contribution < -0.4 is 11.1 Å². The van der Waals surface area contributed by atoms with Gasteiger partial charge >= 0.3 is 0 Å². The van der Waals surface area contributed by atoms with Gasteiger partial charge in [0.05, 0.1) is 15.7 Å². The van der Waals surface area contributed by atoms with Gasteiger partial charge in [-0.2, -0.15) is 0 Å². The molecule has 0 fully saturated rings. The predicted octanol–water partition coefficient (Wildman–Crippen LogP) is 1.16. The lowest BCUT2D eigenvalue weighted by Crippen LogP contribution is -2.33. The summed E-state index contributed by atoms with van der Waals surface area (Å²) in [6.45, 7) is 1.59. The summed E-state index contributed by atoms with van der Waals surface area (Å²) in [5.74, 6) is -0.285. The number of nitrogens with one attached hydrogen (secondary N) is 1. The maximum atomic E-state index is 12.0. The topological polar surface area (TPSA) is 72.2 Å². The molecular weight excluding hydrogens is 248 g/mol. The van der Waals surface area contributed by atoms with Crippen molar-refractivity contribution in [1.82, 2.24) is 5.32 Å². The van der Waals surface area contributed by atoms with E-state index in [2.05, 4.69) is 5.32 Å². The van der Waals surface area contributed by atoms with E-state index in [1.807, 2.05) is 0 Å². The molecule has 1 aromatic carbocycles. The second-order valence-electron chi connectivity index (χ2n) is 3.24. The van der Waals surface area contributed by atoms with Crippen molar-refractivity contribution >= 4 is 34.0 Å². The predicted molar refractivity (Wildman–Crippen MR) is 65.8 cm³/mol. The van der Waals surface area contributed by atoms with Crippen LogP contribution >= 0.6 is 11.6 Å². The fraction of sp³-hybridized carbons (Fsp3) is 0.300. The number of carbonyl (C=O) groups is 1. The van der Waals surface area contributed by atoms with Crippen LogP contribution in [0.15, 0.2) is 23.1 Å². The average Bonchev–Trinajstić information content (AvgIpc) is 2.26. The standard InChI is InChI=1S/C10H13ClN2O2S/c1-6(10(14)13-2)16(15)9-4-3-7(11)5-8(9)12/h3-6H,12H2,1-2H3,(H,13,14). The number of nitrogens with two attached hydrogens (primary N) is 1. The minimum Gasteiger partial charge on any atom is -0.398 e. The third kappa shape index (κ3) is 2.74. The van der Waals surface area contributed by atoms with Crippen LogP contribution in [0.4, 0.5) is 5.69 Å². The molecule has 0 saturated carbocycles. The van der Waals surface area contributed by atoms with Crippen molar-refractivity contribution in [1.29, 1.82) is 0 Å². The van der Waals surface area contributed by atoms with Gasteiger partial charge in [0.1, 0.15) is 5.25 Å². The normalized spacial score (nSPS) is 14.2. The van der Waals surface area contributed by atoms with Gasteiger partial charge in [0.15, 0.2) is 0 Å². The zero-order valence-electron chi connectivity index (χ0n) is 8.99. The van der Waals surface area contributed by atoms with Crippen LogP contribution in [0.3, 0.4) is 0 Å². The number of carbonyl (C=O) groups excluding carboxylic acids is 1. The lowest BCUT2D eigenvalue weighted by Gasteiger charge is -2.11. The first-order valence-electron chi connectivity index (χ1n) is 4.64. The quantitative estimate of drug-likeness (QED) is 0.802. The van der Waals surface area contributed by atoms with Crippen LogP contribution in [-0.4, -0.2) is 22.4 Å². The molecule has 0 spiro atoms. The van der Waals surface area contributed by atoms with E-state index in [0.29, 0.717) is 15.6 Å². The molecule has 4 nitrogen and oxygen atoms in total. The van der Waals surface area contributed by atoms with Crippen LogP contribution in [0.5, 0.6) is 0 Å². The van der Waals surface area contributed by atoms with E-state index in [0.717, 1.165) is 0 Å². The summed E-state index contributed by atoms with van der Waals surface area (Å²) in [6, 6.07) is 4.69. The molecule has 3 N–H and O–H groups in total. The minimum absolute atomic E-state index is 0.285. The van der Waals surface area contributed by atoms with Crippen molar-refractivity contribution < 1.29 is 9.00 Å². The van der Waals surface area contributed by atoms with E-state index in [4.69, 9.17) is 17.3 Å². The Kier molecular flexibility index (Phi) is 4.32. The third-order valence-electron chi connectivity index (χ3n) is 2.13. The van der Waals surface area contributed by atoms with Gasteiger partial charge in [-0.05, 0) is 25.1 Å². The average molecular weight is 261 g/mol. The van der Waals surface area contributed by atoms with Gasteiger partial charge in [-0.15, -0.1) is 0 Å². The Labute approximate surface area is 102 Å². The van der Waals surface area contributed by atoms with Gasteiger partial charge in [0, 0.05) is 17.8 Å². The third-order valence-corrected chi connectivity index (χ3v) is 4.02. The molecule has 0 saturated heterocycles. The Balaban J connectivity index is 3.01. The van der Waals surface area contributed by atoms with E-state index in [1.165, 1.54) is 13.1 Å². The lowest BCUT2D eigenvalue weighted by atomic mass is 10.3. The molecule has 1 rings (SSSR count). The van der Waals surface area contributed by atoms with Crippen LogP contribution in [0.1, 0.15) is 6.92 Å². The van der Waals surface area contributed by atoms with Crippen LogP contribution in [0.2, 0.25) is 5.02 Å². The number of halogens is 1. The first-order valence-corrected chi connectivity index (χ1v) is 6.23. The first-order chi connectivity index (χ1) is 7.47. The second-order valence-corrected chi connectivity index (χ2v) is 5.41. The van der Waals surface area contributed by atoms with E-state index in [9.17, 15) is 9.00 Å². The Bertz CT molecular complexity index is 437. The molecule has 0 aromatic heterocycles. The van der Waals surface area contributed by atoms with Crippen molar-refractivity contribution in [3.8, 4) is 0 Å². The molecule has 0 aliphatic carbocycles. The van der Waals surface area contributed by atoms with Gasteiger partial charge in [0.25, 0.3) is 0 Å². The molecule has 1 amide bonds. The Hall–Kier alpha value is -1.07. The lowest BCUT2D eigenvalue weighted by molar-refractivity contribution is -0.119. The Morgan fingerprint density at radius 3 is 2.69 bits per heavy atom. The van der Waals surface area contributed by atoms with Gasteiger partial charge in [0.2, 0.25) is 5.91 Å². The number of amides is 1. The van der Waals surface area contributed by atoms with Gasteiger partial charge in [-0.25, -0.2) is 0 Å². The fourth-order valence-corrected chi connectivity index (χ4v) is 2.56. The molecule has 0 aliphatic rings. The number of nitrogen functional groups attached to an aromatic ring is 1. The van der Waals surface area contributed by atoms with Crippen LogP contribution in [-0.2, 0) is 15.6 Å². The summed E-state index contributed by atoms with van der Waals surface area (Å²) in [5, 5.41) is 2.28. The van der Waals surface area contributed by atoms with Crippen LogP contribution in [0, 0.1) is 0 Å². The maximum Gasteiger partial charge on any atom is 0.235 e. The Morgan fingerprint density at radius 2 is 2.19 bits per heavy atom. The van der Waals surface area contributed by atoms with Crippen molar-refractivity contribution in [3.63, 3.8) is 0 Å². The van der Waals surface area contributed by atoms with Gasteiger partial charge in [-0.1, -0.05) is 11.6 Å². The number of rotatable bonds is 3. The van der Waals surface area contributed by atoms with Crippen molar-refractivity contribution in [2.45, 2.75) is 17.1 Å². The maximum absolute atomic E-state index is 12.0. The number of hydrogen-bond donors (Lipinski definition) is 2. The molecule has 0 bridgehead atoms. The minimum atomic E-state index is -1.47. The first kappa shape index (κ1) is 13.0. The molecular formula is C10H13ClN2O2S. The molecule has 1 aromatic rings. The highest BCUT2D eigenvalue weighted by molar-refractivity contribution is 7.86. The van der Waals surface area contributed by atoms with Crippen molar-refractivity contribution in [3.05, 3.63) is 23.2 Å². The second kappa shape index (κ2) is 5.32. The largest absolute Gasteiger partial charge is 0.398 e. The fourth-order valence-electron chi connectivity index (χ4n) is 1.19. The number of anilines is 1. The van der Waals surface area contributed by atoms with E-state index in [-0.39, 0.29) is 5.91 Å². The monoisotopic (exact) mass is 260 g/mol. The number of hydrogen-bond acceptors (Lipinski definition) is 3. The number of benzene rings is 1. The highest BCUT2D eigenvalue weighted by atomic mass is 35.5. The molecule has 0 aliphatic heterocycles. The zero-order valence-corrected chi connectivity index (χ0v) is 10.6. The summed E-state index contributed by atoms with van der Waals surface area (Å²) in [4.78, 5) is 11.8. The van der Waals surface area contributed by atoms with Gasteiger partial charge in [-0.3, -0.25) is 9.00 Å². The zero-order chi connectivity index (χ0) is 12.3. The molecule has 16 heavy (non-hydrogen) atoms. The summed E-state index contributed by atoms with van der Waals surface area (Å²) >= 11 is 5.73. The molecule has 2 unspecified atom stereocenters. The highest BCUT2D eigenvalue weighted by Gasteiger charge is 2.21. The van der Waals surface area contributed by atoms with Crippen LogP contribution in [0.25, 0.3) is 0 Å². The Morgan fingerprint density at radius 1 is 1.56 bits per heavy atom. The smallest absolute Gasteiger partial charge is 0.235 e. The van der Waals surface area contributed by atoms with Gasteiger partial charge < -0.3 is 11.1 Å². The summed E-state index contributed by atoms with van der Waals surface area (Å²) in [6.07, 6.45) is 0. The van der Waals surface area contributed by atoms with E-state index in [1.54, 1.807) is 19.1 Å². The summed E-state index contributed by atoms with van der Waals surface area (Å²) in [7, 11) is 0.0276. The summed E-state index contributed by atoms with van der Waals surface area (Å²) in [5.41, 5.74) is 6.03. The van der Waals surface area contributed by atoms with Crippen molar-refractivity contribution in [2.24, 2.45) is 0 Å². The summed E-state index contributed by atoms with van der Waals surface area (Å²) < 4.78 is 12.0. The SMILES string of the molecule is CNC(=O)C(C)S(=O)c1ccc(Cl)cc1N. The molecule has 0 heterocycles. The molecule has 2 atom stereocenters. The highest BCUT2D eigenvalue weighted by Crippen LogP contribution is 2.23.